The third-order valence-corrected chi connectivity index (χ3v) is 8.53. The summed E-state index contributed by atoms with van der Waals surface area (Å²) in [6, 6.07) is 10.3. The van der Waals surface area contributed by atoms with Crippen molar-refractivity contribution in [2.75, 3.05) is 43.9 Å². The highest BCUT2D eigenvalue weighted by molar-refractivity contribution is 7.99. The number of aryl methyl sites for hydroxylation is 1. The second-order valence-corrected chi connectivity index (χ2v) is 12.4. The summed E-state index contributed by atoms with van der Waals surface area (Å²) in [6.07, 6.45) is 11.0. The normalized spacial score (nSPS) is 14.0. The first-order chi connectivity index (χ1) is 21.0. The monoisotopic (exact) mass is 594 g/mol. The van der Waals surface area contributed by atoms with Crippen molar-refractivity contribution < 1.29 is 4.74 Å². The molecule has 1 aliphatic heterocycles. The van der Waals surface area contributed by atoms with Crippen LogP contribution in [0.5, 0.6) is 5.88 Å². The fourth-order valence-corrected chi connectivity index (χ4v) is 5.93. The number of nitriles is 1. The minimum atomic E-state index is 0.475. The number of anilines is 1. The molecule has 1 saturated heterocycles. The van der Waals surface area contributed by atoms with Gasteiger partial charge in [-0.3, -0.25) is 9.58 Å². The van der Waals surface area contributed by atoms with Gasteiger partial charge in [-0.15, -0.1) is 0 Å². The number of ether oxygens (including phenoxy) is 1. The smallest absolute Gasteiger partial charge is 0.212 e. The third-order valence-electron chi connectivity index (χ3n) is 7.45. The summed E-state index contributed by atoms with van der Waals surface area (Å²) in [7, 11) is 1.63. The minimum Gasteiger partial charge on any atom is -0.481 e. The zero-order valence-corrected chi connectivity index (χ0v) is 25.4. The van der Waals surface area contributed by atoms with Gasteiger partial charge in [0.15, 0.2) is 0 Å². The highest BCUT2D eigenvalue weighted by Crippen LogP contribution is 2.29. The number of hydrogen-bond acceptors (Lipinski definition) is 10. The molecule has 220 valence electrons. The van der Waals surface area contributed by atoms with Crippen LogP contribution >= 0.6 is 11.8 Å². The van der Waals surface area contributed by atoms with Gasteiger partial charge in [0.1, 0.15) is 23.0 Å². The van der Waals surface area contributed by atoms with Crippen LogP contribution in [0.3, 0.4) is 0 Å². The molecule has 6 heterocycles. The molecule has 0 saturated carbocycles. The fraction of sp³-hybridized carbons (Fsp3) is 0.355. The van der Waals surface area contributed by atoms with E-state index in [9.17, 15) is 5.26 Å². The van der Waals surface area contributed by atoms with Crippen molar-refractivity contribution in [3.8, 4) is 34.5 Å². The number of piperazine rings is 1. The van der Waals surface area contributed by atoms with Gasteiger partial charge in [-0.1, -0.05) is 19.9 Å². The predicted octanol–water partition coefficient (Wildman–Crippen LogP) is 4.39. The molecule has 0 bridgehead atoms. The Kier molecular flexibility index (Phi) is 8.53. The van der Waals surface area contributed by atoms with Crippen LogP contribution in [0.1, 0.15) is 25.0 Å². The summed E-state index contributed by atoms with van der Waals surface area (Å²) in [5.74, 6) is 2.55. The van der Waals surface area contributed by atoms with Gasteiger partial charge in [-0.25, -0.2) is 19.5 Å². The van der Waals surface area contributed by atoms with Crippen molar-refractivity contribution in [1.29, 1.82) is 5.26 Å². The van der Waals surface area contributed by atoms with Gasteiger partial charge >= 0.3 is 0 Å². The third kappa shape index (κ3) is 6.48. The van der Waals surface area contributed by atoms with Crippen LogP contribution in [0, 0.1) is 11.3 Å². The lowest BCUT2D eigenvalue weighted by Gasteiger charge is -2.35. The summed E-state index contributed by atoms with van der Waals surface area (Å²) < 4.78 is 8.85. The molecule has 0 amide bonds. The highest BCUT2D eigenvalue weighted by Gasteiger charge is 2.20. The molecule has 1 aliphatic rings. The van der Waals surface area contributed by atoms with Crippen LogP contribution in [-0.2, 0) is 13.1 Å². The number of hydrogen-bond donors (Lipinski definition) is 0. The number of fused-ring (bicyclic) bond motifs is 1. The van der Waals surface area contributed by atoms with Crippen LogP contribution in [0.25, 0.3) is 28.0 Å². The van der Waals surface area contributed by atoms with Crippen LogP contribution < -0.4 is 9.64 Å². The molecule has 12 heteroatoms. The largest absolute Gasteiger partial charge is 0.481 e. The molecule has 0 N–H and O–H groups in total. The minimum absolute atomic E-state index is 0.475. The molecule has 5 aromatic rings. The molecule has 11 nitrogen and oxygen atoms in total. The quantitative estimate of drug-likeness (QED) is 0.231. The molecule has 5 aromatic heterocycles. The van der Waals surface area contributed by atoms with Gasteiger partial charge < -0.3 is 9.64 Å². The van der Waals surface area contributed by atoms with Gasteiger partial charge in [0.25, 0.3) is 0 Å². The van der Waals surface area contributed by atoms with E-state index in [1.54, 1.807) is 17.8 Å². The summed E-state index contributed by atoms with van der Waals surface area (Å²) in [4.78, 5) is 18.9. The number of pyridine rings is 2. The average molecular weight is 595 g/mol. The number of aromatic nitrogens is 7. The average Bonchev–Trinajstić information content (AvgIpc) is 3.69. The maximum atomic E-state index is 9.78. The van der Waals surface area contributed by atoms with Crippen molar-refractivity contribution in [1.82, 2.24) is 39.2 Å². The van der Waals surface area contributed by atoms with E-state index in [1.807, 2.05) is 65.6 Å². The Bertz CT molecular complexity index is 1710. The Balaban J connectivity index is 1.18. The maximum Gasteiger partial charge on any atom is 0.212 e. The number of rotatable bonds is 10. The van der Waals surface area contributed by atoms with Gasteiger partial charge in [-0.05, 0) is 22.9 Å². The topological polar surface area (TPSA) is 113 Å². The molecule has 0 unspecified atom stereocenters. The molecule has 0 radical (unpaired) electrons. The van der Waals surface area contributed by atoms with E-state index < -0.39 is 0 Å². The van der Waals surface area contributed by atoms with Crippen molar-refractivity contribution in [3.63, 3.8) is 0 Å². The standard InChI is InChI=1S/C31H34N10OS/c1-22(2)43-13-12-40-20-26(18-35-40)27-21-41-31(25(14-32)17-36-41)30(37-27)24-5-6-28(33-16-24)39-10-8-38(9-11-39)19-23-4-7-29(42-3)34-15-23/h4-7,15-18,20-22H,8-13,19H2,1-3H3. The molecule has 1 fully saturated rings. The number of thioether (sulfide) groups is 1. The Morgan fingerprint density at radius 3 is 2.51 bits per heavy atom. The van der Waals surface area contributed by atoms with Crippen molar-refractivity contribution in [2.45, 2.75) is 32.2 Å². The van der Waals surface area contributed by atoms with E-state index in [4.69, 9.17) is 14.7 Å². The van der Waals surface area contributed by atoms with E-state index >= 15 is 0 Å². The molecule has 0 spiro atoms. The molecule has 6 rings (SSSR count). The lowest BCUT2D eigenvalue weighted by Crippen LogP contribution is -2.46. The molecular weight excluding hydrogens is 560 g/mol. The number of nitrogens with zero attached hydrogens (tertiary/aromatic N) is 10. The lowest BCUT2D eigenvalue weighted by atomic mass is 10.1. The SMILES string of the molecule is COc1ccc(CN2CCN(c3ccc(-c4nc(-c5cnn(CCSC(C)C)c5)cn5ncc(C#N)c45)cn3)CC2)cn1. The fourth-order valence-electron chi connectivity index (χ4n) is 5.17. The molecule has 0 aliphatic carbocycles. The van der Waals surface area contributed by atoms with Crippen LogP contribution in [-0.4, -0.2) is 83.5 Å². The number of methoxy groups -OCH3 is 1. The maximum absolute atomic E-state index is 9.78. The van der Waals surface area contributed by atoms with Crippen LogP contribution in [0.4, 0.5) is 5.82 Å². The van der Waals surface area contributed by atoms with Crippen molar-refractivity contribution in [2.24, 2.45) is 0 Å². The Labute approximate surface area is 255 Å². The van der Waals surface area contributed by atoms with Gasteiger partial charge in [0, 0.05) is 80.8 Å². The first kappa shape index (κ1) is 28.6. The second-order valence-electron chi connectivity index (χ2n) is 10.7. The molecular formula is C31H34N10OS. The van der Waals surface area contributed by atoms with Crippen LogP contribution in [0.15, 0.2) is 61.4 Å². The van der Waals surface area contributed by atoms with Gasteiger partial charge in [-0.2, -0.15) is 27.2 Å². The Hall–Kier alpha value is -4.47. The Morgan fingerprint density at radius 2 is 1.81 bits per heavy atom. The first-order valence-electron chi connectivity index (χ1n) is 14.4. The summed E-state index contributed by atoms with van der Waals surface area (Å²) in [5, 5.41) is 19.4. The van der Waals surface area contributed by atoms with E-state index in [0.29, 0.717) is 27.9 Å². The van der Waals surface area contributed by atoms with E-state index in [2.05, 4.69) is 51.0 Å². The zero-order valence-electron chi connectivity index (χ0n) is 24.6. The Morgan fingerprint density at radius 1 is 0.953 bits per heavy atom. The van der Waals surface area contributed by atoms with E-state index in [0.717, 1.165) is 67.7 Å². The van der Waals surface area contributed by atoms with E-state index in [-0.39, 0.29) is 0 Å². The van der Waals surface area contributed by atoms with Gasteiger partial charge in [0.2, 0.25) is 5.88 Å². The summed E-state index contributed by atoms with van der Waals surface area (Å²) in [6.45, 7) is 9.72. The molecule has 0 atom stereocenters. The molecule has 43 heavy (non-hydrogen) atoms. The van der Waals surface area contributed by atoms with Gasteiger partial charge in [0.05, 0.1) is 37.1 Å². The second kappa shape index (κ2) is 12.8. The zero-order chi connectivity index (χ0) is 29.8. The lowest BCUT2D eigenvalue weighted by molar-refractivity contribution is 0.249. The summed E-state index contributed by atoms with van der Waals surface area (Å²) in [5.41, 5.74) is 5.47. The predicted molar refractivity (Wildman–Crippen MR) is 168 cm³/mol. The first-order valence-corrected chi connectivity index (χ1v) is 15.4. The van der Waals surface area contributed by atoms with Crippen LogP contribution in [0.2, 0.25) is 0 Å². The highest BCUT2D eigenvalue weighted by atomic mass is 32.2. The molecule has 0 aromatic carbocycles. The van der Waals surface area contributed by atoms with Crippen molar-refractivity contribution >= 4 is 23.1 Å². The summed E-state index contributed by atoms with van der Waals surface area (Å²) >= 11 is 1.91. The van der Waals surface area contributed by atoms with Crippen molar-refractivity contribution in [3.05, 3.63) is 72.6 Å². The van der Waals surface area contributed by atoms with E-state index in [1.165, 1.54) is 5.56 Å².